The molecule has 0 aliphatic carbocycles. The van der Waals surface area contributed by atoms with Gasteiger partial charge in [-0.25, -0.2) is 0 Å². The molecule has 0 amide bonds. The molecule has 6 heteroatoms. The van der Waals surface area contributed by atoms with Gasteiger partial charge < -0.3 is 14.6 Å². The van der Waals surface area contributed by atoms with Gasteiger partial charge in [0.2, 0.25) is 0 Å². The van der Waals surface area contributed by atoms with Crippen LogP contribution < -0.4 is 9.47 Å². The third kappa shape index (κ3) is 5.40. The van der Waals surface area contributed by atoms with Gasteiger partial charge in [0.1, 0.15) is 0 Å². The first-order valence-corrected chi connectivity index (χ1v) is 6.06. The summed E-state index contributed by atoms with van der Waals surface area (Å²) in [5.74, 6) is 0.336. The van der Waals surface area contributed by atoms with Gasteiger partial charge in [-0.1, -0.05) is 6.07 Å². The zero-order valence-electron chi connectivity index (χ0n) is 11.1. The van der Waals surface area contributed by atoms with E-state index in [1.54, 1.807) is 19.1 Å². The molecular weight excluding hydrogens is 256 g/mol. The number of aliphatic hydroxyl groups is 1. The number of likely N-dealkylation sites (N-methyl/N-ethyl adjacent to an activating group) is 1. The molecule has 0 aliphatic heterocycles. The lowest BCUT2D eigenvalue weighted by atomic mass is 10.2. The van der Waals surface area contributed by atoms with Gasteiger partial charge in [-0.05, 0) is 31.7 Å². The molecule has 0 heterocycles. The van der Waals surface area contributed by atoms with Crippen molar-refractivity contribution in [3.05, 3.63) is 23.8 Å². The number of nitrogens with zero attached hydrogens (tertiary/aromatic N) is 1. The van der Waals surface area contributed by atoms with Crippen molar-refractivity contribution in [2.45, 2.75) is 20.1 Å². The summed E-state index contributed by atoms with van der Waals surface area (Å²) in [5, 5.41) is 8.83. The van der Waals surface area contributed by atoms with E-state index >= 15 is 0 Å². The van der Waals surface area contributed by atoms with Crippen molar-refractivity contribution in [2.75, 3.05) is 26.8 Å². The lowest BCUT2D eigenvalue weighted by molar-refractivity contribution is -0.0514. The molecule has 4 nitrogen and oxygen atoms in total. The first-order valence-electron chi connectivity index (χ1n) is 6.06. The number of benzene rings is 1. The highest BCUT2D eigenvalue weighted by Crippen LogP contribution is 2.30. The Morgan fingerprint density at radius 1 is 1.32 bits per heavy atom. The first kappa shape index (κ1) is 15.7. The smallest absolute Gasteiger partial charge is 0.387 e. The Hall–Kier alpha value is -1.40. The average molecular weight is 275 g/mol. The molecule has 108 valence electrons. The summed E-state index contributed by atoms with van der Waals surface area (Å²) >= 11 is 0. The summed E-state index contributed by atoms with van der Waals surface area (Å²) in [6, 6.07) is 4.85. The third-order valence-electron chi connectivity index (χ3n) is 2.46. The van der Waals surface area contributed by atoms with Gasteiger partial charge in [-0.3, -0.25) is 4.90 Å². The fourth-order valence-electron chi connectivity index (χ4n) is 1.67. The quantitative estimate of drug-likeness (QED) is 0.789. The van der Waals surface area contributed by atoms with Gasteiger partial charge in [0.25, 0.3) is 0 Å². The van der Waals surface area contributed by atoms with Crippen molar-refractivity contribution in [2.24, 2.45) is 0 Å². The van der Waals surface area contributed by atoms with Crippen molar-refractivity contribution in [1.29, 1.82) is 0 Å². The van der Waals surface area contributed by atoms with E-state index < -0.39 is 6.61 Å². The van der Waals surface area contributed by atoms with E-state index in [0.717, 1.165) is 5.56 Å². The maximum atomic E-state index is 12.2. The molecule has 0 aromatic heterocycles. The first-order chi connectivity index (χ1) is 9.06. The SMILES string of the molecule is CCOc1cc(CN(C)CCO)ccc1OC(F)F. The highest BCUT2D eigenvalue weighted by Gasteiger charge is 2.12. The number of rotatable bonds is 8. The minimum Gasteiger partial charge on any atom is -0.490 e. The van der Waals surface area contributed by atoms with Crippen LogP contribution in [0.2, 0.25) is 0 Å². The van der Waals surface area contributed by atoms with Gasteiger partial charge in [0, 0.05) is 13.1 Å². The average Bonchev–Trinajstić information content (AvgIpc) is 2.32. The van der Waals surface area contributed by atoms with Crippen LogP contribution in [0.1, 0.15) is 12.5 Å². The van der Waals surface area contributed by atoms with Crippen LogP contribution in [-0.2, 0) is 6.54 Å². The molecule has 0 atom stereocenters. The van der Waals surface area contributed by atoms with Crippen LogP contribution in [0.15, 0.2) is 18.2 Å². The number of halogens is 2. The van der Waals surface area contributed by atoms with E-state index in [9.17, 15) is 8.78 Å². The highest BCUT2D eigenvalue weighted by atomic mass is 19.3. The molecular formula is C13H19F2NO3. The van der Waals surface area contributed by atoms with E-state index in [1.165, 1.54) is 6.07 Å². The molecule has 0 spiro atoms. The Morgan fingerprint density at radius 3 is 2.63 bits per heavy atom. The van der Waals surface area contributed by atoms with Gasteiger partial charge in [-0.15, -0.1) is 0 Å². The molecule has 19 heavy (non-hydrogen) atoms. The molecule has 0 bridgehead atoms. The number of ether oxygens (including phenoxy) is 2. The Kier molecular flexibility index (Phi) is 6.52. The van der Waals surface area contributed by atoms with Crippen LogP contribution in [0.5, 0.6) is 11.5 Å². The highest BCUT2D eigenvalue weighted by molar-refractivity contribution is 5.43. The molecule has 0 saturated heterocycles. The van der Waals surface area contributed by atoms with Gasteiger partial charge in [-0.2, -0.15) is 8.78 Å². The standard InChI is InChI=1S/C13H19F2NO3/c1-3-18-12-8-10(9-16(2)6-7-17)4-5-11(12)19-13(14)15/h4-5,8,13,17H,3,6-7,9H2,1-2H3. The summed E-state index contributed by atoms with van der Waals surface area (Å²) in [7, 11) is 1.86. The van der Waals surface area contributed by atoms with Crippen molar-refractivity contribution in [1.82, 2.24) is 4.90 Å². The molecule has 0 unspecified atom stereocenters. The van der Waals surface area contributed by atoms with E-state index in [1.807, 2.05) is 11.9 Å². The minimum atomic E-state index is -2.87. The van der Waals surface area contributed by atoms with Gasteiger partial charge >= 0.3 is 6.61 Å². The Labute approximate surface area is 111 Å². The predicted octanol–water partition coefficient (Wildman–Crippen LogP) is 2.11. The number of alkyl halides is 2. The third-order valence-corrected chi connectivity index (χ3v) is 2.46. The molecule has 0 radical (unpaired) electrons. The number of aliphatic hydroxyl groups excluding tert-OH is 1. The zero-order valence-corrected chi connectivity index (χ0v) is 11.1. The second kappa shape index (κ2) is 7.91. The van der Waals surface area contributed by atoms with Crippen LogP contribution in [0.4, 0.5) is 8.78 Å². The summed E-state index contributed by atoms with van der Waals surface area (Å²) < 4.78 is 34.2. The largest absolute Gasteiger partial charge is 0.490 e. The molecule has 1 aromatic rings. The van der Waals surface area contributed by atoms with Crippen molar-refractivity contribution in [3.63, 3.8) is 0 Å². The van der Waals surface area contributed by atoms with Crippen LogP contribution in [-0.4, -0.2) is 43.4 Å². The summed E-state index contributed by atoms with van der Waals surface area (Å²) in [6.45, 7) is 0.477. The van der Waals surface area contributed by atoms with Crippen LogP contribution in [0.3, 0.4) is 0 Å². The lowest BCUT2D eigenvalue weighted by Gasteiger charge is -2.17. The van der Waals surface area contributed by atoms with Crippen LogP contribution >= 0.6 is 0 Å². The maximum absolute atomic E-state index is 12.2. The summed E-state index contributed by atoms with van der Waals surface area (Å²) in [4.78, 5) is 1.92. The van der Waals surface area contributed by atoms with E-state index in [0.29, 0.717) is 25.4 Å². The second-order valence-corrected chi connectivity index (χ2v) is 4.05. The van der Waals surface area contributed by atoms with Crippen molar-refractivity contribution in [3.8, 4) is 11.5 Å². The monoisotopic (exact) mass is 275 g/mol. The topological polar surface area (TPSA) is 41.9 Å². The van der Waals surface area contributed by atoms with Crippen LogP contribution in [0.25, 0.3) is 0 Å². The van der Waals surface area contributed by atoms with E-state index in [-0.39, 0.29) is 12.4 Å². The Balaban J connectivity index is 2.82. The van der Waals surface area contributed by atoms with Crippen molar-refractivity contribution < 1.29 is 23.4 Å². The fraction of sp³-hybridized carbons (Fsp3) is 0.538. The zero-order chi connectivity index (χ0) is 14.3. The van der Waals surface area contributed by atoms with Crippen LogP contribution in [0, 0.1) is 0 Å². The Morgan fingerprint density at radius 2 is 2.05 bits per heavy atom. The molecule has 1 rings (SSSR count). The lowest BCUT2D eigenvalue weighted by Crippen LogP contribution is -2.21. The fourth-order valence-corrected chi connectivity index (χ4v) is 1.67. The van der Waals surface area contributed by atoms with E-state index in [2.05, 4.69) is 4.74 Å². The minimum absolute atomic E-state index is 0.0328. The molecule has 1 N–H and O–H groups in total. The van der Waals surface area contributed by atoms with Gasteiger partial charge in [0.05, 0.1) is 13.2 Å². The predicted molar refractivity (Wildman–Crippen MR) is 67.7 cm³/mol. The molecule has 0 aliphatic rings. The number of hydrogen-bond donors (Lipinski definition) is 1. The molecule has 1 aromatic carbocycles. The van der Waals surface area contributed by atoms with Crippen molar-refractivity contribution >= 4 is 0 Å². The Bertz CT molecular complexity index is 388. The number of hydrogen-bond acceptors (Lipinski definition) is 4. The van der Waals surface area contributed by atoms with Gasteiger partial charge in [0.15, 0.2) is 11.5 Å². The maximum Gasteiger partial charge on any atom is 0.387 e. The summed E-state index contributed by atoms with van der Waals surface area (Å²) in [5.41, 5.74) is 0.904. The normalized spacial score (nSPS) is 11.1. The second-order valence-electron chi connectivity index (χ2n) is 4.05. The molecule has 0 fully saturated rings. The molecule has 0 saturated carbocycles. The van der Waals surface area contributed by atoms with E-state index in [4.69, 9.17) is 9.84 Å². The summed E-state index contributed by atoms with van der Waals surface area (Å²) in [6.07, 6.45) is 0.